The van der Waals surface area contributed by atoms with Crippen LogP contribution in [0.1, 0.15) is 53.5 Å². The van der Waals surface area contributed by atoms with Gasteiger partial charge in [-0.1, -0.05) is 43.5 Å². The molecule has 0 bridgehead atoms. The second-order valence-corrected chi connectivity index (χ2v) is 7.11. The van der Waals surface area contributed by atoms with E-state index in [9.17, 15) is 0 Å². The highest BCUT2D eigenvalue weighted by Crippen LogP contribution is 2.40. The molecule has 3 rings (SSSR count). The molecular weight excluding hydrogens is 288 g/mol. The summed E-state index contributed by atoms with van der Waals surface area (Å²) in [5, 5.41) is 0. The number of hydrogen-bond donors (Lipinski definition) is 0. The van der Waals surface area contributed by atoms with E-state index in [0.29, 0.717) is 5.92 Å². The summed E-state index contributed by atoms with van der Waals surface area (Å²) >= 11 is 0. The molecular formula is C24H28. The molecule has 0 aromatic heterocycles. The van der Waals surface area contributed by atoms with Gasteiger partial charge in [-0.3, -0.25) is 0 Å². The van der Waals surface area contributed by atoms with Crippen LogP contribution in [0.15, 0.2) is 55.2 Å². The molecule has 0 saturated heterocycles. The highest BCUT2D eigenvalue weighted by molar-refractivity contribution is 5.83. The minimum absolute atomic E-state index is 0.558. The van der Waals surface area contributed by atoms with Crippen LogP contribution in [-0.4, -0.2) is 0 Å². The SMILES string of the molecule is C=CC1=C(C(=C)c2cc3c(c(C)c2C)C=CCC3)CC(C=C)CC1. The Bertz CT molecular complexity index is 768. The fourth-order valence-electron chi connectivity index (χ4n) is 4.09. The van der Waals surface area contributed by atoms with E-state index in [1.165, 1.54) is 51.0 Å². The predicted octanol–water partition coefficient (Wildman–Crippen LogP) is 6.74. The largest absolute Gasteiger partial charge is 0.103 e. The lowest BCUT2D eigenvalue weighted by atomic mass is 9.77. The maximum absolute atomic E-state index is 4.51. The van der Waals surface area contributed by atoms with Crippen LogP contribution < -0.4 is 0 Å². The van der Waals surface area contributed by atoms with E-state index in [1.807, 2.05) is 6.08 Å². The van der Waals surface area contributed by atoms with Crippen molar-refractivity contribution >= 4 is 11.6 Å². The summed E-state index contributed by atoms with van der Waals surface area (Å²) in [6, 6.07) is 2.38. The van der Waals surface area contributed by atoms with E-state index in [2.05, 4.69) is 57.9 Å². The number of allylic oxidation sites excluding steroid dienone is 6. The van der Waals surface area contributed by atoms with E-state index < -0.39 is 0 Å². The Morgan fingerprint density at radius 1 is 1.17 bits per heavy atom. The monoisotopic (exact) mass is 316 g/mol. The molecule has 0 heterocycles. The third-order valence-electron chi connectivity index (χ3n) is 5.81. The normalized spacial score (nSPS) is 19.8. The number of fused-ring (bicyclic) bond motifs is 1. The smallest absolute Gasteiger partial charge is 0.0152 e. The van der Waals surface area contributed by atoms with Gasteiger partial charge in [0.2, 0.25) is 0 Å². The highest BCUT2D eigenvalue weighted by Gasteiger charge is 2.22. The fraction of sp³-hybridized carbons (Fsp3) is 0.333. The Balaban J connectivity index is 2.08. The van der Waals surface area contributed by atoms with Crippen molar-refractivity contribution in [2.24, 2.45) is 5.92 Å². The molecule has 0 spiro atoms. The minimum atomic E-state index is 0.558. The first-order valence-electron chi connectivity index (χ1n) is 9.03. The van der Waals surface area contributed by atoms with Gasteiger partial charge in [0.1, 0.15) is 0 Å². The first-order valence-corrected chi connectivity index (χ1v) is 9.03. The van der Waals surface area contributed by atoms with Gasteiger partial charge >= 0.3 is 0 Å². The van der Waals surface area contributed by atoms with E-state index in [4.69, 9.17) is 0 Å². The molecule has 0 saturated carbocycles. The van der Waals surface area contributed by atoms with Gasteiger partial charge in [0.25, 0.3) is 0 Å². The molecule has 1 aromatic rings. The maximum Gasteiger partial charge on any atom is -0.0152 e. The molecule has 2 aliphatic carbocycles. The molecule has 0 nitrogen and oxygen atoms in total. The molecule has 2 aliphatic rings. The van der Waals surface area contributed by atoms with Crippen molar-refractivity contribution in [3.05, 3.63) is 83.0 Å². The topological polar surface area (TPSA) is 0 Å². The molecule has 0 heteroatoms. The lowest BCUT2D eigenvalue weighted by molar-refractivity contribution is 0.562. The summed E-state index contributed by atoms with van der Waals surface area (Å²) in [7, 11) is 0. The van der Waals surface area contributed by atoms with Gasteiger partial charge in [0.05, 0.1) is 0 Å². The molecule has 0 amide bonds. The molecule has 0 N–H and O–H groups in total. The Morgan fingerprint density at radius 3 is 2.67 bits per heavy atom. The van der Waals surface area contributed by atoms with Gasteiger partial charge in [-0.15, -0.1) is 6.58 Å². The van der Waals surface area contributed by atoms with Crippen LogP contribution >= 0.6 is 0 Å². The summed E-state index contributed by atoms with van der Waals surface area (Å²) in [4.78, 5) is 0. The molecule has 0 radical (unpaired) electrons. The standard InChI is InChI=1S/C24H28/c1-6-19-12-13-20(7-2)24(14-19)18(5)23-15-21-10-8-9-11-22(21)16(3)17(23)4/h6-7,9,11,15,19H,1-2,5,8,10,12-14H2,3-4H3. The molecule has 24 heavy (non-hydrogen) atoms. The Labute approximate surface area is 147 Å². The average Bonchev–Trinajstić information content (AvgIpc) is 2.63. The Hall–Kier alpha value is -2.08. The fourth-order valence-corrected chi connectivity index (χ4v) is 4.09. The first-order chi connectivity index (χ1) is 11.6. The highest BCUT2D eigenvalue weighted by atomic mass is 14.3. The molecule has 1 unspecified atom stereocenters. The second-order valence-electron chi connectivity index (χ2n) is 7.11. The van der Waals surface area contributed by atoms with Crippen molar-refractivity contribution < 1.29 is 0 Å². The molecule has 124 valence electrons. The van der Waals surface area contributed by atoms with Crippen molar-refractivity contribution in [3.8, 4) is 0 Å². The van der Waals surface area contributed by atoms with Gasteiger partial charge in [-0.2, -0.15) is 0 Å². The van der Waals surface area contributed by atoms with E-state index >= 15 is 0 Å². The number of aryl methyl sites for hydroxylation is 1. The molecule has 0 aliphatic heterocycles. The van der Waals surface area contributed by atoms with Crippen LogP contribution in [-0.2, 0) is 6.42 Å². The van der Waals surface area contributed by atoms with Crippen LogP contribution in [0.25, 0.3) is 11.6 Å². The van der Waals surface area contributed by atoms with Crippen LogP contribution in [0.2, 0.25) is 0 Å². The van der Waals surface area contributed by atoms with Crippen LogP contribution in [0.4, 0.5) is 0 Å². The third kappa shape index (κ3) is 2.86. The quantitative estimate of drug-likeness (QED) is 0.539. The van der Waals surface area contributed by atoms with Crippen LogP contribution in [0.5, 0.6) is 0 Å². The number of rotatable bonds is 4. The Kier molecular flexibility index (Phi) is 4.76. The minimum Gasteiger partial charge on any atom is -0.103 e. The van der Waals surface area contributed by atoms with Gasteiger partial charge in [0, 0.05) is 0 Å². The second kappa shape index (κ2) is 6.81. The summed E-state index contributed by atoms with van der Waals surface area (Å²) in [6.07, 6.45) is 14.3. The van der Waals surface area contributed by atoms with Gasteiger partial charge in [-0.05, 0) is 96.4 Å². The molecule has 1 aromatic carbocycles. The lowest BCUT2D eigenvalue weighted by Gasteiger charge is -2.27. The van der Waals surface area contributed by atoms with E-state index in [-0.39, 0.29) is 0 Å². The van der Waals surface area contributed by atoms with Crippen molar-refractivity contribution in [3.63, 3.8) is 0 Å². The maximum atomic E-state index is 4.51. The number of hydrogen-bond acceptors (Lipinski definition) is 0. The van der Waals surface area contributed by atoms with Gasteiger partial charge < -0.3 is 0 Å². The van der Waals surface area contributed by atoms with Crippen LogP contribution in [0.3, 0.4) is 0 Å². The lowest BCUT2D eigenvalue weighted by Crippen LogP contribution is -2.10. The number of benzene rings is 1. The molecule has 1 atom stereocenters. The van der Waals surface area contributed by atoms with Crippen molar-refractivity contribution in [2.75, 3.05) is 0 Å². The zero-order valence-electron chi connectivity index (χ0n) is 15.1. The van der Waals surface area contributed by atoms with Gasteiger partial charge in [-0.25, -0.2) is 0 Å². The third-order valence-corrected chi connectivity index (χ3v) is 5.81. The first kappa shape index (κ1) is 16.8. The van der Waals surface area contributed by atoms with Crippen molar-refractivity contribution in [2.45, 2.75) is 46.0 Å². The molecule has 0 fully saturated rings. The summed E-state index contributed by atoms with van der Waals surface area (Å²) in [5.74, 6) is 0.558. The van der Waals surface area contributed by atoms with Gasteiger partial charge in [0.15, 0.2) is 0 Å². The zero-order chi connectivity index (χ0) is 17.3. The summed E-state index contributed by atoms with van der Waals surface area (Å²) in [5.41, 5.74) is 10.9. The van der Waals surface area contributed by atoms with Crippen molar-refractivity contribution in [1.82, 2.24) is 0 Å². The van der Waals surface area contributed by atoms with E-state index in [0.717, 1.165) is 25.7 Å². The van der Waals surface area contributed by atoms with E-state index in [1.54, 1.807) is 0 Å². The van der Waals surface area contributed by atoms with Crippen molar-refractivity contribution in [1.29, 1.82) is 0 Å². The predicted molar refractivity (Wildman–Crippen MR) is 107 cm³/mol. The van der Waals surface area contributed by atoms with Crippen LogP contribution in [0, 0.1) is 19.8 Å². The summed E-state index contributed by atoms with van der Waals surface area (Å²) in [6.45, 7) is 17.0. The summed E-state index contributed by atoms with van der Waals surface area (Å²) < 4.78 is 0. The zero-order valence-corrected chi connectivity index (χ0v) is 15.1. The Morgan fingerprint density at radius 2 is 1.96 bits per heavy atom. The average molecular weight is 316 g/mol.